The fraction of sp³-hybridized carbons (Fsp3) is 0.235. The summed E-state index contributed by atoms with van der Waals surface area (Å²) in [6.07, 6.45) is 0. The van der Waals surface area contributed by atoms with E-state index in [1.807, 2.05) is 0 Å². The number of nitro benzene ring substituents is 1. The number of hydrogen-bond acceptors (Lipinski definition) is 5. The van der Waals surface area contributed by atoms with Gasteiger partial charge in [0.05, 0.1) is 27.6 Å². The van der Waals surface area contributed by atoms with Gasteiger partial charge in [0.15, 0.2) is 0 Å². The van der Waals surface area contributed by atoms with Gasteiger partial charge in [-0.05, 0) is 44.2 Å². The van der Waals surface area contributed by atoms with E-state index in [1.165, 1.54) is 43.4 Å². The third-order valence-electron chi connectivity index (χ3n) is 4.03. The Morgan fingerprint density at radius 3 is 2.35 bits per heavy atom. The lowest BCUT2D eigenvalue weighted by atomic mass is 10.1. The van der Waals surface area contributed by atoms with E-state index in [0.29, 0.717) is 22.5 Å². The molecule has 0 saturated heterocycles. The molecule has 9 heteroatoms. The third-order valence-corrected chi connectivity index (χ3v) is 5.80. The first kappa shape index (κ1) is 19.4. The van der Waals surface area contributed by atoms with Crippen molar-refractivity contribution in [2.75, 3.05) is 22.4 Å². The first-order valence-corrected chi connectivity index (χ1v) is 9.40. The predicted octanol–water partition coefficient (Wildman–Crippen LogP) is 2.94. The highest BCUT2D eigenvalue weighted by Gasteiger charge is 2.18. The van der Waals surface area contributed by atoms with Gasteiger partial charge < -0.3 is 5.32 Å². The monoisotopic (exact) mass is 377 g/mol. The van der Waals surface area contributed by atoms with E-state index in [1.54, 1.807) is 19.9 Å². The SMILES string of the molecule is CCS(=O)(=O)N(C)c1ccc(C(=O)Nc2cccc([N+](=O)[O-])c2C)cc1. The number of carbonyl (C=O) groups excluding carboxylic acids is 1. The quantitative estimate of drug-likeness (QED) is 0.615. The Hall–Kier alpha value is -2.94. The lowest BCUT2D eigenvalue weighted by Gasteiger charge is -2.18. The van der Waals surface area contributed by atoms with Crippen molar-refractivity contribution >= 4 is 33.0 Å². The van der Waals surface area contributed by atoms with Crippen LogP contribution in [0.25, 0.3) is 0 Å². The van der Waals surface area contributed by atoms with E-state index in [0.717, 1.165) is 4.31 Å². The lowest BCUT2D eigenvalue weighted by Crippen LogP contribution is -2.28. The number of nitrogens with zero attached hydrogens (tertiary/aromatic N) is 2. The van der Waals surface area contributed by atoms with Crippen LogP contribution in [0.3, 0.4) is 0 Å². The molecule has 138 valence electrons. The average Bonchev–Trinajstić information content (AvgIpc) is 2.62. The van der Waals surface area contributed by atoms with Gasteiger partial charge in [-0.15, -0.1) is 0 Å². The molecule has 2 aromatic carbocycles. The van der Waals surface area contributed by atoms with Gasteiger partial charge in [0.2, 0.25) is 10.0 Å². The van der Waals surface area contributed by atoms with Crippen molar-refractivity contribution in [1.29, 1.82) is 0 Å². The topological polar surface area (TPSA) is 110 Å². The van der Waals surface area contributed by atoms with Crippen molar-refractivity contribution in [3.63, 3.8) is 0 Å². The summed E-state index contributed by atoms with van der Waals surface area (Å²) < 4.78 is 24.9. The van der Waals surface area contributed by atoms with Gasteiger partial charge in [0.1, 0.15) is 0 Å². The summed E-state index contributed by atoms with van der Waals surface area (Å²) in [4.78, 5) is 22.8. The summed E-state index contributed by atoms with van der Waals surface area (Å²) in [5.41, 5.74) is 1.37. The van der Waals surface area contributed by atoms with Crippen molar-refractivity contribution in [3.8, 4) is 0 Å². The number of hydrogen-bond donors (Lipinski definition) is 1. The molecular weight excluding hydrogens is 358 g/mol. The van der Waals surface area contributed by atoms with Crippen LogP contribution in [0.4, 0.5) is 17.1 Å². The smallest absolute Gasteiger partial charge is 0.274 e. The highest BCUT2D eigenvalue weighted by molar-refractivity contribution is 7.92. The molecule has 0 bridgehead atoms. The molecule has 0 aliphatic carbocycles. The first-order valence-electron chi connectivity index (χ1n) is 7.79. The van der Waals surface area contributed by atoms with E-state index in [2.05, 4.69) is 5.32 Å². The molecule has 0 aliphatic heterocycles. The second kappa shape index (κ2) is 7.52. The molecule has 1 amide bonds. The van der Waals surface area contributed by atoms with Crippen LogP contribution < -0.4 is 9.62 Å². The van der Waals surface area contributed by atoms with E-state index >= 15 is 0 Å². The fourth-order valence-electron chi connectivity index (χ4n) is 2.33. The summed E-state index contributed by atoms with van der Waals surface area (Å²) >= 11 is 0. The van der Waals surface area contributed by atoms with Crippen molar-refractivity contribution in [2.24, 2.45) is 0 Å². The van der Waals surface area contributed by atoms with E-state index in [-0.39, 0.29) is 11.4 Å². The molecule has 2 aromatic rings. The minimum atomic E-state index is -3.38. The number of carbonyl (C=O) groups is 1. The van der Waals surface area contributed by atoms with Crippen LogP contribution in [-0.2, 0) is 10.0 Å². The van der Waals surface area contributed by atoms with Crippen LogP contribution in [0.2, 0.25) is 0 Å². The summed E-state index contributed by atoms with van der Waals surface area (Å²) in [6, 6.07) is 10.5. The Kier molecular flexibility index (Phi) is 5.61. The van der Waals surface area contributed by atoms with Crippen LogP contribution in [-0.4, -0.2) is 32.0 Å². The molecule has 1 N–H and O–H groups in total. The molecule has 0 unspecified atom stereocenters. The molecule has 0 fully saturated rings. The number of amides is 1. The number of benzene rings is 2. The third kappa shape index (κ3) is 3.99. The van der Waals surface area contributed by atoms with Gasteiger partial charge in [-0.3, -0.25) is 19.2 Å². The van der Waals surface area contributed by atoms with E-state index < -0.39 is 20.9 Å². The minimum absolute atomic E-state index is 0.0300. The van der Waals surface area contributed by atoms with Crippen LogP contribution in [0.1, 0.15) is 22.8 Å². The van der Waals surface area contributed by atoms with Gasteiger partial charge in [-0.1, -0.05) is 6.07 Å². The van der Waals surface area contributed by atoms with Crippen molar-refractivity contribution in [1.82, 2.24) is 0 Å². The minimum Gasteiger partial charge on any atom is -0.321 e. The number of nitrogens with one attached hydrogen (secondary N) is 1. The standard InChI is InChI=1S/C17H19N3O5S/c1-4-26(24,25)19(3)14-10-8-13(9-11-14)17(21)18-15-6-5-7-16(12(15)2)20(22)23/h5-11H,4H2,1-3H3,(H,18,21). The normalized spacial score (nSPS) is 11.0. The zero-order valence-electron chi connectivity index (χ0n) is 14.6. The molecular formula is C17H19N3O5S. The Labute approximate surface area is 151 Å². The zero-order chi connectivity index (χ0) is 19.5. The van der Waals surface area contributed by atoms with Crippen molar-refractivity contribution in [3.05, 3.63) is 63.7 Å². The average molecular weight is 377 g/mol. The Morgan fingerprint density at radius 2 is 1.81 bits per heavy atom. The maximum Gasteiger partial charge on any atom is 0.274 e. The molecule has 8 nitrogen and oxygen atoms in total. The van der Waals surface area contributed by atoms with Gasteiger partial charge in [-0.2, -0.15) is 0 Å². The van der Waals surface area contributed by atoms with E-state index in [4.69, 9.17) is 0 Å². The number of nitro groups is 1. The number of rotatable bonds is 6. The molecule has 0 aromatic heterocycles. The highest BCUT2D eigenvalue weighted by atomic mass is 32.2. The number of sulfonamides is 1. The zero-order valence-corrected chi connectivity index (χ0v) is 15.4. The maximum absolute atomic E-state index is 12.4. The van der Waals surface area contributed by atoms with Crippen molar-refractivity contribution in [2.45, 2.75) is 13.8 Å². The second-order valence-corrected chi connectivity index (χ2v) is 7.86. The summed E-state index contributed by atoms with van der Waals surface area (Å²) in [7, 11) is -1.94. The number of anilines is 2. The molecule has 0 spiro atoms. The Bertz CT molecular complexity index is 939. The first-order chi connectivity index (χ1) is 12.2. The van der Waals surface area contributed by atoms with E-state index in [9.17, 15) is 23.3 Å². The largest absolute Gasteiger partial charge is 0.321 e. The molecule has 2 rings (SSSR count). The lowest BCUT2D eigenvalue weighted by molar-refractivity contribution is -0.385. The fourth-order valence-corrected chi connectivity index (χ4v) is 3.16. The van der Waals surface area contributed by atoms with Crippen LogP contribution >= 0.6 is 0 Å². The molecule has 0 radical (unpaired) electrons. The van der Waals surface area contributed by atoms with Gasteiger partial charge in [0.25, 0.3) is 11.6 Å². The van der Waals surface area contributed by atoms with Crippen LogP contribution in [0.5, 0.6) is 0 Å². The van der Waals surface area contributed by atoms with Gasteiger partial charge >= 0.3 is 0 Å². The Morgan fingerprint density at radius 1 is 1.19 bits per heavy atom. The molecule has 0 atom stereocenters. The van der Waals surface area contributed by atoms with Gasteiger partial charge in [0, 0.05) is 18.7 Å². The molecule has 0 aliphatic rings. The molecule has 0 heterocycles. The highest BCUT2D eigenvalue weighted by Crippen LogP contribution is 2.25. The molecule has 0 saturated carbocycles. The summed E-state index contributed by atoms with van der Waals surface area (Å²) in [5, 5.41) is 13.6. The maximum atomic E-state index is 12.4. The molecule has 26 heavy (non-hydrogen) atoms. The summed E-state index contributed by atoms with van der Waals surface area (Å²) in [5.74, 6) is -0.473. The van der Waals surface area contributed by atoms with Crippen molar-refractivity contribution < 1.29 is 18.1 Å². The predicted molar refractivity (Wildman–Crippen MR) is 100 cm³/mol. The van der Waals surface area contributed by atoms with Gasteiger partial charge in [-0.25, -0.2) is 8.42 Å². The van der Waals surface area contributed by atoms with Crippen LogP contribution in [0, 0.1) is 17.0 Å². The second-order valence-electron chi connectivity index (χ2n) is 5.58. The van der Waals surface area contributed by atoms with Crippen LogP contribution in [0.15, 0.2) is 42.5 Å². The summed E-state index contributed by atoms with van der Waals surface area (Å²) in [6.45, 7) is 3.11. The Balaban J connectivity index is 2.22.